The molecule has 0 aliphatic rings. The van der Waals surface area contributed by atoms with Crippen LogP contribution in [0.3, 0.4) is 0 Å². The van der Waals surface area contributed by atoms with Crippen molar-refractivity contribution < 1.29 is 4.92 Å². The highest BCUT2D eigenvalue weighted by Gasteiger charge is 2.16. The molecule has 0 heterocycles. The number of benzene rings is 1. The molecule has 0 fully saturated rings. The molecule has 0 saturated carbocycles. The molecule has 0 atom stereocenters. The summed E-state index contributed by atoms with van der Waals surface area (Å²) in [4.78, 5) is 12.9. The summed E-state index contributed by atoms with van der Waals surface area (Å²) in [5, 5.41) is 14.5. The van der Waals surface area contributed by atoms with Gasteiger partial charge in [-0.3, -0.25) is 15.0 Å². The molecule has 0 aromatic heterocycles. The van der Waals surface area contributed by atoms with Gasteiger partial charge in [-0.1, -0.05) is 11.6 Å². The average Bonchev–Trinajstić information content (AvgIpc) is 2.34. The summed E-state index contributed by atoms with van der Waals surface area (Å²) in [5.41, 5.74) is 0.519. The Balaban J connectivity index is 2.68. The van der Waals surface area contributed by atoms with Gasteiger partial charge in [0.05, 0.1) is 4.92 Å². The predicted molar refractivity (Wildman–Crippen MR) is 83.6 cm³/mol. The van der Waals surface area contributed by atoms with Crippen LogP contribution in [0, 0.1) is 10.1 Å². The van der Waals surface area contributed by atoms with E-state index in [1.165, 1.54) is 6.07 Å². The van der Waals surface area contributed by atoms with Crippen LogP contribution in [-0.4, -0.2) is 35.0 Å². The molecule has 1 aromatic rings. The molecule has 0 spiro atoms. The summed E-state index contributed by atoms with van der Waals surface area (Å²) < 4.78 is 0. The minimum absolute atomic E-state index is 0.0122. The van der Waals surface area contributed by atoms with Gasteiger partial charge in [0.2, 0.25) is 0 Å². The van der Waals surface area contributed by atoms with E-state index in [4.69, 9.17) is 11.6 Å². The molecule has 0 amide bonds. The first-order valence-electron chi connectivity index (χ1n) is 6.76. The van der Waals surface area contributed by atoms with Crippen LogP contribution in [0.15, 0.2) is 18.2 Å². The Morgan fingerprint density at radius 3 is 2.40 bits per heavy atom. The van der Waals surface area contributed by atoms with Crippen molar-refractivity contribution in [2.45, 2.75) is 39.8 Å². The number of halogens is 1. The molecule has 20 heavy (non-hydrogen) atoms. The van der Waals surface area contributed by atoms with Crippen molar-refractivity contribution in [2.24, 2.45) is 0 Å². The molecule has 0 bridgehead atoms. The smallest absolute Gasteiger partial charge is 0.293 e. The van der Waals surface area contributed by atoms with E-state index in [1.54, 1.807) is 12.1 Å². The summed E-state index contributed by atoms with van der Waals surface area (Å²) in [5.74, 6) is 0. The van der Waals surface area contributed by atoms with Crippen molar-refractivity contribution >= 4 is 23.0 Å². The summed E-state index contributed by atoms with van der Waals surface area (Å²) in [6.45, 7) is 10.1. The van der Waals surface area contributed by atoms with Gasteiger partial charge in [0.25, 0.3) is 5.69 Å². The summed E-state index contributed by atoms with van der Waals surface area (Å²) in [6.07, 6.45) is 0. The zero-order valence-corrected chi connectivity index (χ0v) is 13.1. The molecule has 0 aliphatic carbocycles. The lowest BCUT2D eigenvalue weighted by atomic mass is 10.2. The van der Waals surface area contributed by atoms with E-state index in [2.05, 4.69) is 37.9 Å². The zero-order valence-electron chi connectivity index (χ0n) is 12.4. The Labute approximate surface area is 125 Å². The first kappa shape index (κ1) is 16.7. The maximum atomic E-state index is 11.0. The Morgan fingerprint density at radius 1 is 1.30 bits per heavy atom. The highest BCUT2D eigenvalue weighted by Crippen LogP contribution is 2.27. The van der Waals surface area contributed by atoms with Crippen molar-refractivity contribution in [3.05, 3.63) is 33.3 Å². The zero-order chi connectivity index (χ0) is 15.3. The van der Waals surface area contributed by atoms with Gasteiger partial charge in [-0.25, -0.2) is 0 Å². The van der Waals surface area contributed by atoms with Gasteiger partial charge in [0.1, 0.15) is 5.69 Å². The predicted octanol–water partition coefficient (Wildman–Crippen LogP) is 3.78. The lowest BCUT2D eigenvalue weighted by molar-refractivity contribution is -0.383. The molecule has 6 heteroatoms. The highest BCUT2D eigenvalue weighted by atomic mass is 35.5. The Bertz CT molecular complexity index is 456. The summed E-state index contributed by atoms with van der Waals surface area (Å²) >= 11 is 5.79. The van der Waals surface area contributed by atoms with Gasteiger partial charge in [0, 0.05) is 36.3 Å². The third-order valence-electron chi connectivity index (χ3n) is 3.17. The average molecular weight is 300 g/mol. The second-order valence-corrected chi connectivity index (χ2v) is 5.71. The van der Waals surface area contributed by atoms with E-state index in [9.17, 15) is 10.1 Å². The second-order valence-electron chi connectivity index (χ2n) is 5.27. The fourth-order valence-corrected chi connectivity index (χ4v) is 2.40. The lowest BCUT2D eigenvalue weighted by Crippen LogP contribution is -2.40. The van der Waals surface area contributed by atoms with Gasteiger partial charge in [-0.05, 0) is 39.8 Å². The lowest BCUT2D eigenvalue weighted by Gasteiger charge is -2.30. The van der Waals surface area contributed by atoms with Crippen molar-refractivity contribution in [1.29, 1.82) is 0 Å². The fourth-order valence-electron chi connectivity index (χ4n) is 2.24. The molecular weight excluding hydrogens is 278 g/mol. The quantitative estimate of drug-likeness (QED) is 0.615. The minimum atomic E-state index is -0.420. The molecule has 0 aliphatic heterocycles. The van der Waals surface area contributed by atoms with E-state index in [1.807, 2.05) is 0 Å². The number of nitro benzene ring substituents is 1. The van der Waals surface area contributed by atoms with Crippen LogP contribution >= 0.6 is 11.6 Å². The number of nitro groups is 1. The molecule has 1 rings (SSSR count). The summed E-state index contributed by atoms with van der Waals surface area (Å²) in [7, 11) is 0. The minimum Gasteiger partial charge on any atom is -0.378 e. The van der Waals surface area contributed by atoms with E-state index in [-0.39, 0.29) is 5.69 Å². The number of hydrogen-bond acceptors (Lipinski definition) is 4. The maximum Gasteiger partial charge on any atom is 0.293 e. The largest absolute Gasteiger partial charge is 0.378 e. The van der Waals surface area contributed by atoms with Crippen LogP contribution in [-0.2, 0) is 0 Å². The SMILES string of the molecule is CC(C)N(CCNc1ccc(Cl)cc1[N+](=O)[O-])C(C)C. The van der Waals surface area contributed by atoms with Gasteiger partial charge in [-0.15, -0.1) is 0 Å². The first-order valence-corrected chi connectivity index (χ1v) is 7.14. The van der Waals surface area contributed by atoms with Crippen LogP contribution in [0.5, 0.6) is 0 Å². The van der Waals surface area contributed by atoms with Gasteiger partial charge >= 0.3 is 0 Å². The van der Waals surface area contributed by atoms with Crippen LogP contribution in [0.1, 0.15) is 27.7 Å². The van der Waals surface area contributed by atoms with Crippen molar-refractivity contribution in [3.8, 4) is 0 Å². The molecule has 1 N–H and O–H groups in total. The van der Waals surface area contributed by atoms with Crippen molar-refractivity contribution in [2.75, 3.05) is 18.4 Å². The van der Waals surface area contributed by atoms with Crippen LogP contribution in [0.25, 0.3) is 0 Å². The number of nitrogens with one attached hydrogen (secondary N) is 1. The molecule has 5 nitrogen and oxygen atoms in total. The van der Waals surface area contributed by atoms with E-state index in [0.717, 1.165) is 6.54 Å². The Kier molecular flexibility index (Phi) is 6.23. The monoisotopic (exact) mass is 299 g/mol. The van der Waals surface area contributed by atoms with E-state index < -0.39 is 4.92 Å². The Hall–Kier alpha value is -1.33. The topological polar surface area (TPSA) is 58.4 Å². The second kappa shape index (κ2) is 7.45. The first-order chi connectivity index (χ1) is 9.32. The molecular formula is C14H22ClN3O2. The molecule has 112 valence electrons. The Morgan fingerprint density at radius 2 is 1.90 bits per heavy atom. The standard InChI is InChI=1S/C14H22ClN3O2/c1-10(2)17(11(3)4)8-7-16-13-6-5-12(15)9-14(13)18(19)20/h5-6,9-11,16H,7-8H2,1-4H3. The van der Waals surface area contributed by atoms with Gasteiger partial charge < -0.3 is 5.32 Å². The number of hydrogen-bond donors (Lipinski definition) is 1. The fraction of sp³-hybridized carbons (Fsp3) is 0.571. The molecule has 0 radical (unpaired) electrons. The summed E-state index contributed by atoms with van der Waals surface area (Å²) in [6, 6.07) is 5.55. The van der Waals surface area contributed by atoms with E-state index >= 15 is 0 Å². The number of nitrogens with zero attached hydrogens (tertiary/aromatic N) is 2. The van der Waals surface area contributed by atoms with Gasteiger partial charge in [0.15, 0.2) is 0 Å². The van der Waals surface area contributed by atoms with Crippen LogP contribution in [0.4, 0.5) is 11.4 Å². The molecule has 1 aromatic carbocycles. The third-order valence-corrected chi connectivity index (χ3v) is 3.40. The molecule has 0 unspecified atom stereocenters. The van der Waals surface area contributed by atoms with Crippen LogP contribution in [0.2, 0.25) is 5.02 Å². The highest BCUT2D eigenvalue weighted by molar-refractivity contribution is 6.30. The van der Waals surface area contributed by atoms with Crippen molar-refractivity contribution in [3.63, 3.8) is 0 Å². The van der Waals surface area contributed by atoms with Crippen molar-refractivity contribution in [1.82, 2.24) is 4.90 Å². The van der Waals surface area contributed by atoms with Crippen LogP contribution < -0.4 is 5.32 Å². The number of anilines is 1. The molecule has 0 saturated heterocycles. The van der Waals surface area contributed by atoms with Gasteiger partial charge in [-0.2, -0.15) is 0 Å². The number of rotatable bonds is 7. The maximum absolute atomic E-state index is 11.0. The third kappa shape index (κ3) is 4.65. The normalized spacial score (nSPS) is 11.4. The van der Waals surface area contributed by atoms with E-state index in [0.29, 0.717) is 29.3 Å².